The van der Waals surface area contributed by atoms with E-state index in [9.17, 15) is 14.7 Å². The topological polar surface area (TPSA) is 97.3 Å². The molecule has 2 saturated heterocycles. The predicted molar refractivity (Wildman–Crippen MR) is 108 cm³/mol. The zero-order chi connectivity index (χ0) is 21.2. The highest BCUT2D eigenvalue weighted by Gasteiger charge is 2.61. The second-order valence-electron chi connectivity index (χ2n) is 8.64. The largest absolute Gasteiger partial charge is 0.497 e. The third-order valence-corrected chi connectivity index (χ3v) is 7.57. The number of carboxylic acid groups (broad SMARTS) is 1. The Hall–Kier alpha value is -2.74. The van der Waals surface area contributed by atoms with Crippen LogP contribution in [0, 0.1) is 11.8 Å². The molecule has 4 aliphatic rings. The maximum Gasteiger partial charge on any atom is 0.334 e. The quantitative estimate of drug-likeness (QED) is 0.781. The van der Waals surface area contributed by atoms with E-state index in [1.807, 2.05) is 19.1 Å². The fourth-order valence-electron chi connectivity index (χ4n) is 6.10. The SMILES string of the molecule is COc1ccc2c(c1OC)NC(=O)C21CCN2CC3C(C)OC=C(C(=O)O)C3CC21. The van der Waals surface area contributed by atoms with Gasteiger partial charge in [0.1, 0.15) is 0 Å². The molecule has 8 nitrogen and oxygen atoms in total. The smallest absolute Gasteiger partial charge is 0.334 e. The highest BCUT2D eigenvalue weighted by atomic mass is 16.5. The molecule has 4 aliphatic heterocycles. The van der Waals surface area contributed by atoms with E-state index in [0.29, 0.717) is 35.6 Å². The van der Waals surface area contributed by atoms with Gasteiger partial charge in [0.05, 0.1) is 43.3 Å². The van der Waals surface area contributed by atoms with Crippen molar-refractivity contribution in [1.29, 1.82) is 0 Å². The number of carboxylic acids is 1. The number of nitrogens with one attached hydrogen (secondary N) is 1. The molecule has 5 atom stereocenters. The third-order valence-electron chi connectivity index (χ3n) is 7.57. The Balaban J connectivity index is 1.58. The molecule has 0 bridgehead atoms. The lowest BCUT2D eigenvalue weighted by atomic mass is 9.66. The minimum Gasteiger partial charge on any atom is -0.497 e. The molecule has 5 rings (SSSR count). The summed E-state index contributed by atoms with van der Waals surface area (Å²) in [7, 11) is 3.14. The summed E-state index contributed by atoms with van der Waals surface area (Å²) in [4.78, 5) is 27.6. The van der Waals surface area contributed by atoms with Gasteiger partial charge in [-0.1, -0.05) is 6.07 Å². The summed E-state index contributed by atoms with van der Waals surface area (Å²) in [5.41, 5.74) is 1.17. The molecular weight excluding hydrogens is 388 g/mol. The predicted octanol–water partition coefficient (Wildman–Crippen LogP) is 1.99. The second kappa shape index (κ2) is 6.63. The normalized spacial score (nSPS) is 34.4. The van der Waals surface area contributed by atoms with E-state index in [4.69, 9.17) is 14.2 Å². The molecule has 2 fully saturated rings. The molecule has 2 N–H and O–H groups in total. The molecular formula is C22H26N2O6. The summed E-state index contributed by atoms with van der Waals surface area (Å²) in [5.74, 6) is 0.0667. The van der Waals surface area contributed by atoms with Crippen LogP contribution in [-0.4, -0.2) is 61.3 Å². The average Bonchev–Trinajstić information content (AvgIpc) is 3.25. The number of nitrogens with zero attached hydrogens (tertiary/aromatic N) is 1. The number of rotatable bonds is 3. The number of piperidine rings is 1. The Morgan fingerprint density at radius 1 is 1.33 bits per heavy atom. The lowest BCUT2D eigenvalue weighted by Gasteiger charge is -2.47. The number of methoxy groups -OCH3 is 2. The standard InChI is InChI=1S/C22H26N2O6/c1-11-13-9-24-7-6-22(17(24)8-12(13)14(10-30-11)20(25)26)15-4-5-16(28-2)19(29-3)18(15)23-21(22)27/h4-5,10-13,17H,6-9H2,1-3H3,(H,23,27)(H,25,26). The number of hydrogen-bond donors (Lipinski definition) is 2. The summed E-state index contributed by atoms with van der Waals surface area (Å²) in [6, 6.07) is 3.71. The van der Waals surface area contributed by atoms with Gasteiger partial charge < -0.3 is 24.6 Å². The number of benzene rings is 1. The fraction of sp³-hybridized carbons (Fsp3) is 0.545. The van der Waals surface area contributed by atoms with Crippen LogP contribution in [0.3, 0.4) is 0 Å². The molecule has 1 spiro atoms. The van der Waals surface area contributed by atoms with E-state index in [1.165, 1.54) is 6.26 Å². The van der Waals surface area contributed by atoms with Crippen molar-refractivity contribution < 1.29 is 28.9 Å². The van der Waals surface area contributed by atoms with Gasteiger partial charge in [0.2, 0.25) is 5.91 Å². The molecule has 0 aliphatic carbocycles. The Morgan fingerprint density at radius 3 is 2.83 bits per heavy atom. The first-order chi connectivity index (χ1) is 14.4. The van der Waals surface area contributed by atoms with Gasteiger partial charge in [-0.05, 0) is 37.9 Å². The van der Waals surface area contributed by atoms with Gasteiger partial charge in [0, 0.05) is 24.4 Å². The number of ether oxygens (including phenoxy) is 3. The van der Waals surface area contributed by atoms with Gasteiger partial charge in [-0.3, -0.25) is 9.69 Å². The highest BCUT2D eigenvalue weighted by Crippen LogP contribution is 2.56. The Kier molecular flexibility index (Phi) is 4.25. The van der Waals surface area contributed by atoms with Crippen LogP contribution in [0.2, 0.25) is 0 Å². The first-order valence-corrected chi connectivity index (χ1v) is 10.3. The molecule has 0 aromatic heterocycles. The van der Waals surface area contributed by atoms with Gasteiger partial charge in [0.15, 0.2) is 11.5 Å². The number of anilines is 1. The molecule has 1 amide bonds. The van der Waals surface area contributed by atoms with Crippen molar-refractivity contribution in [2.45, 2.75) is 37.3 Å². The number of hydrogen-bond acceptors (Lipinski definition) is 6. The highest BCUT2D eigenvalue weighted by molar-refractivity contribution is 6.09. The Labute approximate surface area is 174 Å². The summed E-state index contributed by atoms with van der Waals surface area (Å²) >= 11 is 0. The molecule has 5 unspecified atom stereocenters. The number of carbonyl (C=O) groups is 2. The van der Waals surface area contributed by atoms with E-state index >= 15 is 0 Å². The van der Waals surface area contributed by atoms with Crippen LogP contribution in [-0.2, 0) is 19.7 Å². The Bertz CT molecular complexity index is 959. The van der Waals surface area contributed by atoms with Crippen molar-refractivity contribution in [3.8, 4) is 11.5 Å². The monoisotopic (exact) mass is 414 g/mol. The van der Waals surface area contributed by atoms with E-state index < -0.39 is 11.4 Å². The molecule has 1 aromatic rings. The molecule has 4 heterocycles. The minimum absolute atomic E-state index is 0.0454. The molecule has 30 heavy (non-hydrogen) atoms. The average molecular weight is 414 g/mol. The second-order valence-corrected chi connectivity index (χ2v) is 8.64. The minimum atomic E-state index is -0.944. The van der Waals surface area contributed by atoms with Crippen LogP contribution in [0.4, 0.5) is 5.69 Å². The van der Waals surface area contributed by atoms with Gasteiger partial charge in [0.25, 0.3) is 0 Å². The lowest BCUT2D eigenvalue weighted by molar-refractivity contribution is -0.135. The zero-order valence-electron chi connectivity index (χ0n) is 17.3. The van der Waals surface area contributed by atoms with Crippen LogP contribution in [0.25, 0.3) is 0 Å². The van der Waals surface area contributed by atoms with E-state index in [1.54, 1.807) is 14.2 Å². The fourth-order valence-corrected chi connectivity index (χ4v) is 6.10. The molecule has 1 aromatic carbocycles. The number of amides is 1. The van der Waals surface area contributed by atoms with Crippen molar-refractivity contribution in [2.75, 3.05) is 32.6 Å². The summed E-state index contributed by atoms with van der Waals surface area (Å²) < 4.78 is 16.6. The third kappa shape index (κ3) is 2.37. The molecule has 0 radical (unpaired) electrons. The maximum absolute atomic E-state index is 13.4. The van der Waals surface area contributed by atoms with Crippen LogP contribution in [0.1, 0.15) is 25.3 Å². The van der Waals surface area contributed by atoms with Crippen molar-refractivity contribution in [3.05, 3.63) is 29.5 Å². The van der Waals surface area contributed by atoms with Crippen LogP contribution >= 0.6 is 0 Å². The number of carbonyl (C=O) groups excluding carboxylic acids is 1. The van der Waals surface area contributed by atoms with Gasteiger partial charge in [-0.15, -0.1) is 0 Å². The van der Waals surface area contributed by atoms with Gasteiger partial charge in [-0.25, -0.2) is 4.79 Å². The van der Waals surface area contributed by atoms with Crippen LogP contribution in [0.5, 0.6) is 11.5 Å². The molecule has 160 valence electrons. The van der Waals surface area contributed by atoms with Crippen molar-refractivity contribution in [2.24, 2.45) is 11.8 Å². The van der Waals surface area contributed by atoms with Crippen molar-refractivity contribution >= 4 is 17.6 Å². The summed E-state index contributed by atoms with van der Waals surface area (Å²) in [6.45, 7) is 3.50. The van der Waals surface area contributed by atoms with E-state index in [2.05, 4.69) is 10.2 Å². The summed E-state index contributed by atoms with van der Waals surface area (Å²) in [5, 5.41) is 12.8. The molecule has 0 saturated carbocycles. The zero-order valence-corrected chi connectivity index (χ0v) is 17.3. The number of fused-ring (bicyclic) bond motifs is 5. The van der Waals surface area contributed by atoms with Gasteiger partial charge in [-0.2, -0.15) is 0 Å². The van der Waals surface area contributed by atoms with Gasteiger partial charge >= 0.3 is 5.97 Å². The van der Waals surface area contributed by atoms with Crippen molar-refractivity contribution in [1.82, 2.24) is 4.90 Å². The lowest BCUT2D eigenvalue weighted by Crippen LogP contribution is -2.56. The van der Waals surface area contributed by atoms with E-state index in [-0.39, 0.29) is 29.9 Å². The van der Waals surface area contributed by atoms with E-state index in [0.717, 1.165) is 18.7 Å². The maximum atomic E-state index is 13.4. The van der Waals surface area contributed by atoms with Crippen LogP contribution in [0.15, 0.2) is 24.0 Å². The first kappa shape index (κ1) is 19.2. The van der Waals surface area contributed by atoms with Crippen LogP contribution < -0.4 is 14.8 Å². The first-order valence-electron chi connectivity index (χ1n) is 10.3. The molecule has 8 heteroatoms. The summed E-state index contributed by atoms with van der Waals surface area (Å²) in [6.07, 6.45) is 2.65. The van der Waals surface area contributed by atoms with Crippen molar-refractivity contribution in [3.63, 3.8) is 0 Å². The Morgan fingerprint density at radius 2 is 2.13 bits per heavy atom. The number of aliphatic carboxylic acids is 1.